The minimum Gasteiger partial charge on any atom is -0.354 e. The molecule has 0 aliphatic carbocycles. The number of hydrogen-bond acceptors (Lipinski definition) is 2. The molecule has 0 heterocycles. The molecule has 7 heteroatoms. The number of rotatable bonds is 9. The lowest BCUT2D eigenvalue weighted by Gasteiger charge is -2.29. The highest BCUT2D eigenvalue weighted by atomic mass is 35.5. The number of nitrogens with one attached hydrogen (secondary N) is 1. The number of aryl methyl sites for hydroxylation is 1. The molecule has 0 saturated carbocycles. The highest BCUT2D eigenvalue weighted by molar-refractivity contribution is 6.35. The van der Waals surface area contributed by atoms with E-state index in [4.69, 9.17) is 34.8 Å². The lowest BCUT2D eigenvalue weighted by molar-refractivity contribution is -0.140. The highest BCUT2D eigenvalue weighted by Gasteiger charge is 2.26. The standard InChI is InChI=1S/C23H27Cl3N2O2/c1-15(2)13-27-23(30)16(3)28(14-18-8-10-19(24)12-21(18)26)22(29)11-9-17-6-4-5-7-20(17)25/h4-8,10,12,15-16H,9,11,13-14H2,1-3H3,(H,27,30)/t16-/m1/s1. The van der Waals surface area contributed by atoms with E-state index in [2.05, 4.69) is 5.32 Å². The summed E-state index contributed by atoms with van der Waals surface area (Å²) in [4.78, 5) is 27.4. The van der Waals surface area contributed by atoms with Crippen molar-refractivity contribution in [2.75, 3.05) is 6.54 Å². The molecule has 0 saturated heterocycles. The molecule has 0 unspecified atom stereocenters. The van der Waals surface area contributed by atoms with Gasteiger partial charge >= 0.3 is 0 Å². The highest BCUT2D eigenvalue weighted by Crippen LogP contribution is 2.24. The van der Waals surface area contributed by atoms with Gasteiger partial charge in [0.25, 0.3) is 0 Å². The molecular weight excluding hydrogens is 443 g/mol. The van der Waals surface area contributed by atoms with Crippen molar-refractivity contribution >= 4 is 46.6 Å². The zero-order valence-electron chi connectivity index (χ0n) is 17.4. The molecular formula is C23H27Cl3N2O2. The van der Waals surface area contributed by atoms with Gasteiger partial charge in [-0.3, -0.25) is 9.59 Å². The van der Waals surface area contributed by atoms with Gasteiger partial charge in [0.1, 0.15) is 6.04 Å². The van der Waals surface area contributed by atoms with E-state index in [9.17, 15) is 9.59 Å². The lowest BCUT2D eigenvalue weighted by Crippen LogP contribution is -2.48. The molecule has 2 amide bonds. The molecule has 0 radical (unpaired) electrons. The van der Waals surface area contributed by atoms with Crippen LogP contribution in [0.4, 0.5) is 0 Å². The zero-order chi connectivity index (χ0) is 22.3. The van der Waals surface area contributed by atoms with Gasteiger partial charge in [-0.25, -0.2) is 0 Å². The van der Waals surface area contributed by atoms with Crippen LogP contribution in [0.25, 0.3) is 0 Å². The molecule has 0 spiro atoms. The van der Waals surface area contributed by atoms with Crippen LogP contribution in [0.15, 0.2) is 42.5 Å². The Hall–Kier alpha value is -1.75. The first-order valence-corrected chi connectivity index (χ1v) is 11.1. The van der Waals surface area contributed by atoms with E-state index in [1.807, 2.05) is 32.0 Å². The van der Waals surface area contributed by atoms with Gasteiger partial charge in [0.2, 0.25) is 11.8 Å². The summed E-state index contributed by atoms with van der Waals surface area (Å²) >= 11 is 18.5. The van der Waals surface area contributed by atoms with Crippen molar-refractivity contribution in [2.24, 2.45) is 5.92 Å². The Labute approximate surface area is 193 Å². The number of nitrogens with zero attached hydrogens (tertiary/aromatic N) is 1. The topological polar surface area (TPSA) is 49.4 Å². The second-order valence-corrected chi connectivity index (χ2v) is 8.91. The van der Waals surface area contributed by atoms with Crippen LogP contribution in [0.2, 0.25) is 15.1 Å². The maximum atomic E-state index is 13.1. The number of benzene rings is 2. The van der Waals surface area contributed by atoms with Crippen molar-refractivity contribution in [2.45, 2.75) is 46.2 Å². The van der Waals surface area contributed by atoms with Crippen LogP contribution in [0.3, 0.4) is 0 Å². The van der Waals surface area contributed by atoms with Gasteiger partial charge in [0.15, 0.2) is 0 Å². The first kappa shape index (κ1) is 24.5. The minimum atomic E-state index is -0.644. The Morgan fingerprint density at radius 2 is 1.67 bits per heavy atom. The second-order valence-electron chi connectivity index (χ2n) is 7.66. The molecule has 1 N–H and O–H groups in total. The quantitative estimate of drug-likeness (QED) is 0.507. The first-order valence-electron chi connectivity index (χ1n) is 9.93. The number of carbonyl (C=O) groups is 2. The van der Waals surface area contributed by atoms with Crippen molar-refractivity contribution in [1.29, 1.82) is 0 Å². The van der Waals surface area contributed by atoms with Crippen molar-refractivity contribution in [3.63, 3.8) is 0 Å². The van der Waals surface area contributed by atoms with E-state index >= 15 is 0 Å². The fourth-order valence-electron chi connectivity index (χ4n) is 2.95. The molecule has 1 atom stereocenters. The van der Waals surface area contributed by atoms with Gasteiger partial charge in [0.05, 0.1) is 0 Å². The molecule has 2 rings (SSSR count). The smallest absolute Gasteiger partial charge is 0.242 e. The van der Waals surface area contributed by atoms with E-state index in [0.29, 0.717) is 34.0 Å². The SMILES string of the molecule is CC(C)CNC(=O)[C@@H](C)N(Cc1ccc(Cl)cc1Cl)C(=O)CCc1ccccc1Cl. The second kappa shape index (κ2) is 11.6. The number of amides is 2. The summed E-state index contributed by atoms with van der Waals surface area (Å²) in [6, 6.07) is 11.9. The zero-order valence-corrected chi connectivity index (χ0v) is 19.7. The van der Waals surface area contributed by atoms with Gasteiger partial charge in [-0.2, -0.15) is 0 Å². The van der Waals surface area contributed by atoms with Crippen molar-refractivity contribution in [1.82, 2.24) is 10.2 Å². The summed E-state index contributed by atoms with van der Waals surface area (Å²) < 4.78 is 0. The van der Waals surface area contributed by atoms with Crippen LogP contribution in [0, 0.1) is 5.92 Å². The molecule has 0 aliphatic heterocycles. The molecule has 2 aromatic carbocycles. The monoisotopic (exact) mass is 468 g/mol. The van der Waals surface area contributed by atoms with Crippen molar-refractivity contribution < 1.29 is 9.59 Å². The maximum absolute atomic E-state index is 13.1. The summed E-state index contributed by atoms with van der Waals surface area (Å²) in [6.07, 6.45) is 0.723. The van der Waals surface area contributed by atoms with Gasteiger partial charge in [-0.15, -0.1) is 0 Å². The van der Waals surface area contributed by atoms with E-state index in [-0.39, 0.29) is 24.8 Å². The van der Waals surface area contributed by atoms with Crippen LogP contribution < -0.4 is 5.32 Å². The Kier molecular flexibility index (Phi) is 9.47. The molecule has 162 valence electrons. The number of halogens is 3. The fraction of sp³-hybridized carbons (Fsp3) is 0.391. The molecule has 0 aromatic heterocycles. The van der Waals surface area contributed by atoms with E-state index in [1.54, 1.807) is 36.1 Å². The molecule has 0 bridgehead atoms. The normalized spacial score (nSPS) is 12.0. The molecule has 30 heavy (non-hydrogen) atoms. The summed E-state index contributed by atoms with van der Waals surface area (Å²) in [6.45, 7) is 6.53. The Morgan fingerprint density at radius 3 is 2.30 bits per heavy atom. The predicted octanol–water partition coefficient (Wildman–Crippen LogP) is 5.77. The van der Waals surface area contributed by atoms with Crippen LogP contribution in [-0.4, -0.2) is 29.3 Å². The number of hydrogen-bond donors (Lipinski definition) is 1. The largest absolute Gasteiger partial charge is 0.354 e. The van der Waals surface area contributed by atoms with E-state index in [0.717, 1.165) is 11.1 Å². The van der Waals surface area contributed by atoms with Crippen molar-refractivity contribution in [3.05, 3.63) is 68.7 Å². The molecule has 2 aromatic rings. The van der Waals surface area contributed by atoms with Gasteiger partial charge < -0.3 is 10.2 Å². The third-order valence-corrected chi connectivity index (χ3v) is 5.73. The minimum absolute atomic E-state index is 0.145. The van der Waals surface area contributed by atoms with Crippen LogP contribution in [0.5, 0.6) is 0 Å². The summed E-state index contributed by atoms with van der Waals surface area (Å²) in [7, 11) is 0. The number of carbonyl (C=O) groups excluding carboxylic acids is 2. The van der Waals surface area contributed by atoms with Gasteiger partial charge in [0, 0.05) is 34.6 Å². The third kappa shape index (κ3) is 7.19. The lowest BCUT2D eigenvalue weighted by atomic mass is 10.1. The molecule has 4 nitrogen and oxygen atoms in total. The summed E-state index contributed by atoms with van der Waals surface area (Å²) in [5, 5.41) is 4.50. The summed E-state index contributed by atoms with van der Waals surface area (Å²) in [5.41, 5.74) is 1.63. The van der Waals surface area contributed by atoms with Crippen LogP contribution >= 0.6 is 34.8 Å². The van der Waals surface area contributed by atoms with Crippen molar-refractivity contribution in [3.8, 4) is 0 Å². The Bertz CT molecular complexity index is 887. The first-order chi connectivity index (χ1) is 14.2. The van der Waals surface area contributed by atoms with E-state index < -0.39 is 6.04 Å². The Balaban J connectivity index is 2.19. The summed E-state index contributed by atoms with van der Waals surface area (Å²) in [5.74, 6) is -0.0238. The average molecular weight is 470 g/mol. The third-order valence-electron chi connectivity index (χ3n) is 4.77. The predicted molar refractivity (Wildman–Crippen MR) is 124 cm³/mol. The molecule has 0 aliphatic rings. The van der Waals surface area contributed by atoms with Gasteiger partial charge in [-0.05, 0) is 48.6 Å². The van der Waals surface area contributed by atoms with E-state index in [1.165, 1.54) is 0 Å². The van der Waals surface area contributed by atoms with Crippen LogP contribution in [-0.2, 0) is 22.6 Å². The van der Waals surface area contributed by atoms with Gasteiger partial charge in [-0.1, -0.05) is 72.9 Å². The van der Waals surface area contributed by atoms with Crippen LogP contribution in [0.1, 0.15) is 38.3 Å². The maximum Gasteiger partial charge on any atom is 0.242 e. The molecule has 0 fully saturated rings. The average Bonchev–Trinajstić information content (AvgIpc) is 2.70. The Morgan fingerprint density at radius 1 is 0.967 bits per heavy atom. The fourth-order valence-corrected chi connectivity index (χ4v) is 3.65.